The Hall–Kier alpha value is -1.92. The van der Waals surface area contributed by atoms with E-state index < -0.39 is 5.91 Å². The molecule has 3 aromatic rings. The fraction of sp³-hybridized carbons (Fsp3) is 0.0714. The van der Waals surface area contributed by atoms with Crippen LogP contribution in [-0.2, 0) is 0 Å². The zero-order valence-corrected chi connectivity index (χ0v) is 12.4. The monoisotopic (exact) mass is 303 g/mol. The first-order valence-corrected chi connectivity index (χ1v) is 7.67. The van der Waals surface area contributed by atoms with E-state index in [2.05, 4.69) is 20.7 Å². The van der Waals surface area contributed by atoms with Gasteiger partial charge >= 0.3 is 0 Å². The number of anilines is 1. The summed E-state index contributed by atoms with van der Waals surface area (Å²) >= 11 is 3.35. The molecule has 2 heterocycles. The smallest absolute Gasteiger partial charge is 0.265 e. The van der Waals surface area contributed by atoms with Gasteiger partial charge in [0.2, 0.25) is 0 Å². The Morgan fingerprint density at radius 1 is 1.35 bits per heavy atom. The third kappa shape index (κ3) is 2.39. The van der Waals surface area contributed by atoms with Gasteiger partial charge in [-0.15, -0.1) is 11.3 Å². The van der Waals surface area contributed by atoms with Gasteiger partial charge in [0.05, 0.1) is 15.4 Å². The number of nitrogens with one attached hydrogen (secondary N) is 1. The van der Waals surface area contributed by atoms with Crippen molar-refractivity contribution in [2.24, 2.45) is 5.73 Å². The molecule has 20 heavy (non-hydrogen) atoms. The van der Waals surface area contributed by atoms with E-state index >= 15 is 0 Å². The van der Waals surface area contributed by atoms with E-state index in [0.717, 1.165) is 16.6 Å². The summed E-state index contributed by atoms with van der Waals surface area (Å²) in [7, 11) is 2.00. The van der Waals surface area contributed by atoms with Gasteiger partial charge in [0.1, 0.15) is 5.69 Å². The third-order valence-electron chi connectivity index (χ3n) is 2.96. The molecule has 0 spiro atoms. The van der Waals surface area contributed by atoms with E-state index in [9.17, 15) is 4.79 Å². The van der Waals surface area contributed by atoms with Gasteiger partial charge in [-0.2, -0.15) is 0 Å². The summed E-state index contributed by atoms with van der Waals surface area (Å²) in [5.41, 5.74) is 7.70. The predicted octanol–water partition coefficient (Wildman–Crippen LogP) is 3.47. The number of carbonyl (C=O) groups excluding carboxylic acids is 1. The van der Waals surface area contributed by atoms with Crippen LogP contribution < -0.4 is 10.0 Å². The molecule has 0 radical (unpaired) electrons. The van der Waals surface area contributed by atoms with E-state index in [1.54, 1.807) is 29.4 Å². The molecular weight excluding hydrogens is 290 g/mol. The normalized spacial score (nSPS) is 10.8. The number of carbonyl (C=O) groups is 1. The number of fused-ring (bicyclic) bond motifs is 1. The van der Waals surface area contributed by atoms with E-state index in [4.69, 9.17) is 5.73 Å². The molecule has 0 saturated heterocycles. The number of benzene rings is 1. The highest BCUT2D eigenvalue weighted by atomic mass is 32.2. The van der Waals surface area contributed by atoms with Gasteiger partial charge in [0.25, 0.3) is 5.91 Å². The average Bonchev–Trinajstić information content (AvgIpc) is 3.05. The zero-order valence-electron chi connectivity index (χ0n) is 10.8. The number of thiophene rings is 1. The molecule has 0 unspecified atom stereocenters. The van der Waals surface area contributed by atoms with Crippen molar-refractivity contribution in [3.05, 3.63) is 47.5 Å². The Bertz CT molecular complexity index is 749. The maximum Gasteiger partial charge on any atom is 0.265 e. The van der Waals surface area contributed by atoms with Gasteiger partial charge in [-0.05, 0) is 35.5 Å². The zero-order chi connectivity index (χ0) is 14.1. The number of rotatable bonds is 4. The SMILES string of the molecule is CN(Sc1cccs1)c1cccc2cc(C(N)=O)[nH]c12. The number of hydrogen-bond acceptors (Lipinski definition) is 4. The van der Waals surface area contributed by atoms with E-state index in [1.165, 1.54) is 4.21 Å². The molecule has 2 aromatic heterocycles. The van der Waals surface area contributed by atoms with E-state index in [0.29, 0.717) is 5.69 Å². The lowest BCUT2D eigenvalue weighted by Gasteiger charge is -2.17. The largest absolute Gasteiger partial charge is 0.364 e. The third-order valence-corrected chi connectivity index (χ3v) is 4.92. The first-order valence-electron chi connectivity index (χ1n) is 6.02. The number of H-pyrrole nitrogens is 1. The van der Waals surface area contributed by atoms with Crippen molar-refractivity contribution in [3.8, 4) is 0 Å². The van der Waals surface area contributed by atoms with Crippen LogP contribution in [0.3, 0.4) is 0 Å². The molecule has 0 atom stereocenters. The minimum Gasteiger partial charge on any atom is -0.364 e. The number of aromatic amines is 1. The maximum atomic E-state index is 11.3. The minimum atomic E-state index is -0.444. The van der Waals surface area contributed by atoms with Crippen LogP contribution in [0.15, 0.2) is 46.0 Å². The van der Waals surface area contributed by atoms with Crippen molar-refractivity contribution in [2.75, 3.05) is 11.4 Å². The Kier molecular flexibility index (Phi) is 3.42. The topological polar surface area (TPSA) is 62.1 Å². The predicted molar refractivity (Wildman–Crippen MR) is 85.4 cm³/mol. The standard InChI is InChI=1S/C14H13N3OS2/c1-17(20-12-6-3-7-19-12)11-5-2-4-9-8-10(14(15)18)16-13(9)11/h2-8,16H,1H3,(H2,15,18). The number of nitrogens with two attached hydrogens (primary N) is 1. The second-order valence-corrected chi connectivity index (χ2v) is 6.69. The average molecular weight is 303 g/mol. The van der Waals surface area contributed by atoms with E-state index in [1.807, 2.05) is 31.3 Å². The Balaban J connectivity index is 2.00. The van der Waals surface area contributed by atoms with Crippen LogP contribution in [0.2, 0.25) is 0 Å². The molecular formula is C14H13N3OS2. The molecule has 1 amide bonds. The molecule has 102 valence electrons. The van der Waals surface area contributed by atoms with E-state index in [-0.39, 0.29) is 0 Å². The van der Waals surface area contributed by atoms with Crippen LogP contribution in [0.5, 0.6) is 0 Å². The van der Waals surface area contributed by atoms with Crippen LogP contribution in [-0.4, -0.2) is 17.9 Å². The van der Waals surface area contributed by atoms with Crippen molar-refractivity contribution < 1.29 is 4.79 Å². The van der Waals surface area contributed by atoms with Gasteiger partial charge in [-0.1, -0.05) is 18.2 Å². The highest BCUT2D eigenvalue weighted by molar-refractivity contribution is 8.02. The molecule has 3 rings (SSSR count). The summed E-state index contributed by atoms with van der Waals surface area (Å²) in [6, 6.07) is 11.8. The maximum absolute atomic E-state index is 11.3. The summed E-state index contributed by atoms with van der Waals surface area (Å²) in [6.07, 6.45) is 0. The summed E-state index contributed by atoms with van der Waals surface area (Å²) < 4.78 is 3.29. The number of nitrogens with zero attached hydrogens (tertiary/aromatic N) is 1. The number of hydrogen-bond donors (Lipinski definition) is 2. The molecule has 1 aromatic carbocycles. The van der Waals surface area contributed by atoms with Crippen molar-refractivity contribution in [1.82, 2.24) is 4.98 Å². The Labute approximate surface area is 124 Å². The van der Waals surface area contributed by atoms with Crippen LogP contribution in [0.1, 0.15) is 10.5 Å². The Morgan fingerprint density at radius 3 is 2.90 bits per heavy atom. The molecule has 0 aliphatic carbocycles. The quantitative estimate of drug-likeness (QED) is 0.725. The van der Waals surface area contributed by atoms with Crippen LogP contribution >= 0.6 is 23.3 Å². The van der Waals surface area contributed by atoms with Crippen molar-refractivity contribution in [3.63, 3.8) is 0 Å². The number of primary amides is 1. The minimum absolute atomic E-state index is 0.432. The van der Waals surface area contributed by atoms with Crippen molar-refractivity contribution in [1.29, 1.82) is 0 Å². The summed E-state index contributed by atoms with van der Waals surface area (Å²) in [4.78, 5) is 14.4. The Morgan fingerprint density at radius 2 is 2.20 bits per heavy atom. The van der Waals surface area contributed by atoms with Gasteiger partial charge in [0.15, 0.2) is 0 Å². The van der Waals surface area contributed by atoms with Crippen LogP contribution in [0.4, 0.5) is 5.69 Å². The van der Waals surface area contributed by atoms with Crippen LogP contribution in [0.25, 0.3) is 10.9 Å². The molecule has 0 fully saturated rings. The highest BCUT2D eigenvalue weighted by Crippen LogP contribution is 2.34. The number of aromatic nitrogens is 1. The summed E-state index contributed by atoms with van der Waals surface area (Å²) in [6.45, 7) is 0. The van der Waals surface area contributed by atoms with Crippen molar-refractivity contribution >= 4 is 45.8 Å². The molecule has 0 aliphatic heterocycles. The lowest BCUT2D eigenvalue weighted by atomic mass is 10.2. The van der Waals surface area contributed by atoms with Gasteiger partial charge in [-0.3, -0.25) is 4.79 Å². The fourth-order valence-electron chi connectivity index (χ4n) is 2.03. The lowest BCUT2D eigenvalue weighted by molar-refractivity contribution is 0.0996. The molecule has 0 saturated carbocycles. The number of para-hydroxylation sites is 1. The molecule has 0 aliphatic rings. The fourth-order valence-corrected chi connectivity index (χ4v) is 3.82. The first-order chi connectivity index (χ1) is 9.65. The van der Waals surface area contributed by atoms with Gasteiger partial charge < -0.3 is 15.0 Å². The lowest BCUT2D eigenvalue weighted by Crippen LogP contribution is -2.11. The second kappa shape index (κ2) is 5.22. The molecule has 0 bridgehead atoms. The van der Waals surface area contributed by atoms with Gasteiger partial charge in [0, 0.05) is 12.4 Å². The van der Waals surface area contributed by atoms with Crippen LogP contribution in [0, 0.1) is 0 Å². The summed E-state index contributed by atoms with van der Waals surface area (Å²) in [5, 5.41) is 3.03. The van der Waals surface area contributed by atoms with Gasteiger partial charge in [-0.25, -0.2) is 0 Å². The first kappa shape index (κ1) is 13.1. The molecule has 4 nitrogen and oxygen atoms in total. The summed E-state index contributed by atoms with van der Waals surface area (Å²) in [5.74, 6) is -0.444. The molecule has 3 N–H and O–H groups in total. The number of amides is 1. The molecule has 6 heteroatoms. The highest BCUT2D eigenvalue weighted by Gasteiger charge is 2.12. The second-order valence-electron chi connectivity index (χ2n) is 4.31. The van der Waals surface area contributed by atoms with Crippen molar-refractivity contribution in [2.45, 2.75) is 4.21 Å².